The minimum absolute atomic E-state index is 0.0671. The quantitative estimate of drug-likeness (QED) is 0.867. The molecular weight excluding hydrogens is 254 g/mol. The number of hydrogen-bond donors (Lipinski definition) is 2. The first-order valence-corrected chi connectivity index (χ1v) is 6.93. The van der Waals surface area contributed by atoms with Gasteiger partial charge in [0, 0.05) is 5.57 Å². The van der Waals surface area contributed by atoms with Crippen LogP contribution in [-0.4, -0.2) is 24.2 Å². The van der Waals surface area contributed by atoms with Crippen molar-refractivity contribution in [3.05, 3.63) is 41.5 Å². The number of aliphatic hydroxyl groups excluding tert-OH is 1. The Hall–Kier alpha value is -1.81. The average Bonchev–Trinajstić information content (AvgIpc) is 3.01. The van der Waals surface area contributed by atoms with Gasteiger partial charge in [-0.25, -0.2) is 0 Å². The third-order valence-corrected chi connectivity index (χ3v) is 3.62. The van der Waals surface area contributed by atoms with Gasteiger partial charge in [-0.15, -0.1) is 0 Å². The third kappa shape index (κ3) is 3.39. The molecule has 1 amide bonds. The maximum absolute atomic E-state index is 12.0. The number of allylic oxidation sites excluding steroid dienone is 1. The highest BCUT2D eigenvalue weighted by molar-refractivity contribution is 5.93. The fourth-order valence-corrected chi connectivity index (χ4v) is 2.35. The van der Waals surface area contributed by atoms with E-state index in [1.54, 1.807) is 31.4 Å². The largest absolute Gasteiger partial charge is 0.497 e. The summed E-state index contributed by atoms with van der Waals surface area (Å²) in [5.74, 6) is 0.677. The van der Waals surface area contributed by atoms with Gasteiger partial charge in [-0.3, -0.25) is 4.79 Å². The van der Waals surface area contributed by atoms with Crippen LogP contribution in [0.25, 0.3) is 0 Å². The summed E-state index contributed by atoms with van der Waals surface area (Å²) in [6, 6.07) is 6.87. The zero-order valence-corrected chi connectivity index (χ0v) is 11.9. The Kier molecular flexibility index (Phi) is 4.79. The molecule has 0 spiro atoms. The number of methoxy groups -OCH3 is 1. The highest BCUT2D eigenvalue weighted by Crippen LogP contribution is 2.22. The van der Waals surface area contributed by atoms with Gasteiger partial charge in [-0.1, -0.05) is 18.2 Å². The molecule has 0 radical (unpaired) electrons. The fourth-order valence-electron chi connectivity index (χ4n) is 2.35. The van der Waals surface area contributed by atoms with E-state index in [0.29, 0.717) is 0 Å². The second-order valence-corrected chi connectivity index (χ2v) is 5.10. The number of rotatable bonds is 5. The number of nitrogens with one attached hydrogen (secondary N) is 1. The van der Waals surface area contributed by atoms with Crippen molar-refractivity contribution in [2.24, 2.45) is 0 Å². The van der Waals surface area contributed by atoms with Crippen LogP contribution in [0.1, 0.15) is 37.9 Å². The van der Waals surface area contributed by atoms with E-state index in [9.17, 15) is 9.90 Å². The summed E-state index contributed by atoms with van der Waals surface area (Å²) < 4.78 is 5.08. The van der Waals surface area contributed by atoms with Gasteiger partial charge in [0.1, 0.15) is 5.75 Å². The van der Waals surface area contributed by atoms with Crippen molar-refractivity contribution in [1.29, 1.82) is 0 Å². The van der Waals surface area contributed by atoms with Crippen molar-refractivity contribution >= 4 is 5.91 Å². The maximum atomic E-state index is 12.0. The fraction of sp³-hybridized carbons (Fsp3) is 0.438. The monoisotopic (exact) mass is 275 g/mol. The second-order valence-electron chi connectivity index (χ2n) is 5.10. The lowest BCUT2D eigenvalue weighted by Gasteiger charge is -2.21. The molecule has 0 bridgehead atoms. The van der Waals surface area contributed by atoms with Gasteiger partial charge in [0.15, 0.2) is 0 Å². The normalized spacial score (nSPS) is 17.2. The minimum atomic E-state index is -0.730. The average molecular weight is 275 g/mol. The molecule has 0 aliphatic heterocycles. The Balaban J connectivity index is 1.96. The van der Waals surface area contributed by atoms with Crippen molar-refractivity contribution < 1.29 is 14.6 Å². The second kappa shape index (κ2) is 6.57. The molecule has 2 unspecified atom stereocenters. The standard InChI is InChI=1S/C16H21NO3/c1-11(17-16(19)13-5-3-4-6-13)15(18)12-7-9-14(20-2)10-8-12/h5,7-11,15,18H,3-4,6H2,1-2H3,(H,17,19). The van der Waals surface area contributed by atoms with Gasteiger partial charge in [-0.2, -0.15) is 0 Å². The smallest absolute Gasteiger partial charge is 0.247 e. The highest BCUT2D eigenvalue weighted by Gasteiger charge is 2.21. The topological polar surface area (TPSA) is 58.6 Å². The van der Waals surface area contributed by atoms with Crippen molar-refractivity contribution in [3.63, 3.8) is 0 Å². The van der Waals surface area contributed by atoms with Crippen LogP contribution in [0.5, 0.6) is 5.75 Å². The van der Waals surface area contributed by atoms with E-state index < -0.39 is 6.10 Å². The SMILES string of the molecule is COc1ccc(C(O)C(C)NC(=O)C2=CCCC2)cc1. The van der Waals surface area contributed by atoms with E-state index in [1.165, 1.54) is 0 Å². The summed E-state index contributed by atoms with van der Waals surface area (Å²) in [6.45, 7) is 1.81. The number of amides is 1. The lowest BCUT2D eigenvalue weighted by molar-refractivity contribution is -0.119. The Morgan fingerprint density at radius 2 is 2.05 bits per heavy atom. The molecule has 1 aromatic carbocycles. The lowest BCUT2D eigenvalue weighted by Crippen LogP contribution is -2.37. The van der Waals surface area contributed by atoms with Crippen LogP contribution < -0.4 is 10.1 Å². The minimum Gasteiger partial charge on any atom is -0.497 e. The molecule has 2 N–H and O–H groups in total. The lowest BCUT2D eigenvalue weighted by atomic mass is 10.0. The summed E-state index contributed by atoms with van der Waals surface area (Å²) in [5, 5.41) is 13.1. The Bertz CT molecular complexity index is 493. The Morgan fingerprint density at radius 1 is 1.35 bits per heavy atom. The van der Waals surface area contributed by atoms with Crippen LogP contribution in [0.2, 0.25) is 0 Å². The van der Waals surface area contributed by atoms with Crippen molar-refractivity contribution in [3.8, 4) is 5.75 Å². The van der Waals surface area contributed by atoms with Gasteiger partial charge in [0.2, 0.25) is 5.91 Å². The first-order chi connectivity index (χ1) is 9.61. The highest BCUT2D eigenvalue weighted by atomic mass is 16.5. The van der Waals surface area contributed by atoms with E-state index in [1.807, 2.05) is 13.0 Å². The molecule has 20 heavy (non-hydrogen) atoms. The first kappa shape index (κ1) is 14.6. The molecule has 1 aliphatic carbocycles. The molecule has 2 atom stereocenters. The molecule has 1 aromatic rings. The van der Waals surface area contributed by atoms with Crippen LogP contribution in [0.3, 0.4) is 0 Å². The number of carbonyl (C=O) groups excluding carboxylic acids is 1. The van der Waals surface area contributed by atoms with E-state index in [2.05, 4.69) is 5.32 Å². The molecule has 108 valence electrons. The number of aliphatic hydroxyl groups is 1. The molecule has 4 heteroatoms. The van der Waals surface area contributed by atoms with E-state index in [-0.39, 0.29) is 11.9 Å². The summed E-state index contributed by atoms with van der Waals surface area (Å²) in [5.41, 5.74) is 1.60. The van der Waals surface area contributed by atoms with Gasteiger partial charge in [0.25, 0.3) is 0 Å². The zero-order chi connectivity index (χ0) is 14.5. The number of hydrogen-bond acceptors (Lipinski definition) is 3. The molecule has 1 aliphatic rings. The van der Waals surface area contributed by atoms with Gasteiger partial charge >= 0.3 is 0 Å². The van der Waals surface area contributed by atoms with E-state index in [4.69, 9.17) is 4.74 Å². The van der Waals surface area contributed by atoms with Gasteiger partial charge < -0.3 is 15.2 Å². The Morgan fingerprint density at radius 3 is 2.60 bits per heavy atom. The molecule has 0 saturated heterocycles. The molecule has 0 aromatic heterocycles. The summed E-state index contributed by atoms with van der Waals surface area (Å²) >= 11 is 0. The molecule has 4 nitrogen and oxygen atoms in total. The van der Waals surface area contributed by atoms with Crippen LogP contribution in [0.4, 0.5) is 0 Å². The van der Waals surface area contributed by atoms with Gasteiger partial charge in [0.05, 0.1) is 19.3 Å². The summed E-state index contributed by atoms with van der Waals surface area (Å²) in [6.07, 6.45) is 4.09. The van der Waals surface area contributed by atoms with Crippen LogP contribution in [0.15, 0.2) is 35.9 Å². The molecule has 2 rings (SSSR count). The molecule has 0 saturated carbocycles. The van der Waals surface area contributed by atoms with Crippen molar-refractivity contribution in [2.75, 3.05) is 7.11 Å². The summed E-state index contributed by atoms with van der Waals surface area (Å²) in [4.78, 5) is 12.0. The molecular formula is C16H21NO3. The Labute approximate surface area is 119 Å². The number of carbonyl (C=O) groups is 1. The van der Waals surface area contributed by atoms with Gasteiger partial charge in [-0.05, 0) is 43.9 Å². The van der Waals surface area contributed by atoms with Crippen molar-refractivity contribution in [2.45, 2.75) is 38.3 Å². The molecule has 0 fully saturated rings. The van der Waals surface area contributed by atoms with Crippen LogP contribution in [-0.2, 0) is 4.79 Å². The predicted molar refractivity (Wildman–Crippen MR) is 77.5 cm³/mol. The van der Waals surface area contributed by atoms with E-state index in [0.717, 1.165) is 36.1 Å². The predicted octanol–water partition coefficient (Wildman–Crippen LogP) is 2.34. The summed E-state index contributed by atoms with van der Waals surface area (Å²) in [7, 11) is 1.60. The number of ether oxygens (including phenoxy) is 1. The first-order valence-electron chi connectivity index (χ1n) is 6.93. The van der Waals surface area contributed by atoms with Crippen LogP contribution in [0, 0.1) is 0 Å². The maximum Gasteiger partial charge on any atom is 0.247 e. The molecule has 0 heterocycles. The van der Waals surface area contributed by atoms with E-state index >= 15 is 0 Å². The zero-order valence-electron chi connectivity index (χ0n) is 11.9. The number of benzene rings is 1. The van der Waals surface area contributed by atoms with Crippen LogP contribution >= 0.6 is 0 Å². The van der Waals surface area contributed by atoms with Crippen molar-refractivity contribution in [1.82, 2.24) is 5.32 Å². The third-order valence-electron chi connectivity index (χ3n) is 3.62.